The van der Waals surface area contributed by atoms with Gasteiger partial charge < -0.3 is 9.84 Å². The lowest BCUT2D eigenvalue weighted by Crippen LogP contribution is -2.26. The van der Waals surface area contributed by atoms with Crippen molar-refractivity contribution in [3.63, 3.8) is 0 Å². The highest BCUT2D eigenvalue weighted by Crippen LogP contribution is 2.22. The molecule has 2 N–H and O–H groups in total. The smallest absolute Gasteiger partial charge is 0.257 e. The lowest BCUT2D eigenvalue weighted by Gasteiger charge is -2.11. The maximum Gasteiger partial charge on any atom is 0.257 e. The Morgan fingerprint density at radius 1 is 1.15 bits per heavy atom. The van der Waals surface area contributed by atoms with Gasteiger partial charge in [-0.1, -0.05) is 23.4 Å². The van der Waals surface area contributed by atoms with E-state index < -0.39 is 0 Å². The monoisotopic (exact) mass is 365 g/mol. The zero-order chi connectivity index (χ0) is 18.5. The van der Waals surface area contributed by atoms with E-state index in [1.54, 1.807) is 0 Å². The topological polar surface area (TPSA) is 96.7 Å². The lowest BCUT2D eigenvalue weighted by molar-refractivity contribution is -0.121. The Labute approximate surface area is 157 Å². The van der Waals surface area contributed by atoms with Gasteiger partial charge in [0.1, 0.15) is 0 Å². The molecule has 27 heavy (non-hydrogen) atoms. The molecule has 4 rings (SSSR count). The number of nitrogens with one attached hydrogen (secondary N) is 2. The fourth-order valence-electron chi connectivity index (χ4n) is 3.44. The van der Waals surface area contributed by atoms with Crippen LogP contribution in [-0.4, -0.2) is 32.8 Å². The van der Waals surface area contributed by atoms with Gasteiger partial charge in [-0.05, 0) is 43.4 Å². The van der Waals surface area contributed by atoms with E-state index in [0.29, 0.717) is 37.5 Å². The Bertz CT molecular complexity index is 900. The normalized spacial score (nSPS) is 13.3. The van der Waals surface area contributed by atoms with Crippen LogP contribution in [0.2, 0.25) is 0 Å². The summed E-state index contributed by atoms with van der Waals surface area (Å²) in [5, 5.41) is 14.4. The summed E-state index contributed by atoms with van der Waals surface area (Å²) in [6.07, 6.45) is 6.24. The van der Waals surface area contributed by atoms with Crippen LogP contribution < -0.4 is 5.32 Å². The number of hydrogen-bond acceptors (Lipinski definition) is 5. The highest BCUT2D eigenvalue weighted by atomic mass is 16.5. The predicted molar refractivity (Wildman–Crippen MR) is 100.0 cm³/mol. The third-order valence-electron chi connectivity index (χ3n) is 4.89. The molecule has 0 radical (unpaired) electrons. The molecule has 0 bridgehead atoms. The molecule has 2 heterocycles. The lowest BCUT2D eigenvalue weighted by atomic mass is 9.95. The van der Waals surface area contributed by atoms with Gasteiger partial charge in [-0.15, -0.1) is 0 Å². The third kappa shape index (κ3) is 4.24. The van der Waals surface area contributed by atoms with Crippen molar-refractivity contribution in [2.45, 2.75) is 44.9 Å². The van der Waals surface area contributed by atoms with E-state index in [1.165, 1.54) is 24.1 Å². The van der Waals surface area contributed by atoms with Crippen molar-refractivity contribution >= 4 is 5.91 Å². The van der Waals surface area contributed by atoms with Crippen LogP contribution in [-0.2, 0) is 30.5 Å². The molecule has 3 aromatic rings. The third-order valence-corrected chi connectivity index (χ3v) is 4.89. The standard InChI is InChI=1S/C20H23N5O2/c26-19(11-10-17-15-8-4-5-9-16(15)23-24-17)21-13-12-18-22-20(27-25-18)14-6-2-1-3-7-14/h1-3,6-7H,4-5,8-13H2,(H,21,26)(H,23,24). The predicted octanol–water partition coefficient (Wildman–Crippen LogP) is 2.63. The van der Waals surface area contributed by atoms with E-state index >= 15 is 0 Å². The molecule has 0 saturated heterocycles. The molecular formula is C20H23N5O2. The summed E-state index contributed by atoms with van der Waals surface area (Å²) in [6, 6.07) is 9.64. The van der Waals surface area contributed by atoms with Crippen LogP contribution in [0.4, 0.5) is 0 Å². The summed E-state index contributed by atoms with van der Waals surface area (Å²) in [4.78, 5) is 16.5. The first-order chi connectivity index (χ1) is 13.3. The second-order valence-electron chi connectivity index (χ2n) is 6.82. The Morgan fingerprint density at radius 3 is 2.89 bits per heavy atom. The van der Waals surface area contributed by atoms with Gasteiger partial charge >= 0.3 is 0 Å². The Kier molecular flexibility index (Phi) is 5.27. The average molecular weight is 365 g/mol. The van der Waals surface area contributed by atoms with E-state index in [9.17, 15) is 4.79 Å². The van der Waals surface area contributed by atoms with E-state index in [0.717, 1.165) is 24.1 Å². The summed E-state index contributed by atoms with van der Waals surface area (Å²) in [6.45, 7) is 0.491. The number of carbonyl (C=O) groups excluding carboxylic acids is 1. The summed E-state index contributed by atoms with van der Waals surface area (Å²) in [7, 11) is 0. The maximum atomic E-state index is 12.1. The number of amides is 1. The number of benzene rings is 1. The number of fused-ring (bicyclic) bond motifs is 1. The number of H-pyrrole nitrogens is 1. The molecule has 7 nitrogen and oxygen atoms in total. The minimum atomic E-state index is 0.0225. The van der Waals surface area contributed by atoms with Crippen molar-refractivity contribution < 1.29 is 9.32 Å². The van der Waals surface area contributed by atoms with E-state index in [2.05, 4.69) is 25.7 Å². The number of aryl methyl sites for hydroxylation is 2. The second-order valence-corrected chi connectivity index (χ2v) is 6.82. The maximum absolute atomic E-state index is 12.1. The first-order valence-corrected chi connectivity index (χ1v) is 9.49. The molecule has 0 fully saturated rings. The molecule has 0 aliphatic heterocycles. The van der Waals surface area contributed by atoms with E-state index in [-0.39, 0.29) is 5.91 Å². The zero-order valence-electron chi connectivity index (χ0n) is 15.2. The summed E-state index contributed by atoms with van der Waals surface area (Å²) in [5.74, 6) is 1.12. The van der Waals surface area contributed by atoms with Gasteiger partial charge in [0.05, 0.1) is 5.69 Å². The van der Waals surface area contributed by atoms with Crippen molar-refractivity contribution in [3.8, 4) is 11.5 Å². The Hall–Kier alpha value is -2.96. The molecule has 0 atom stereocenters. The van der Waals surface area contributed by atoms with Crippen molar-refractivity contribution in [2.75, 3.05) is 6.54 Å². The Morgan fingerprint density at radius 2 is 2.00 bits per heavy atom. The molecule has 0 unspecified atom stereocenters. The molecule has 0 saturated carbocycles. The van der Waals surface area contributed by atoms with Gasteiger partial charge in [-0.3, -0.25) is 9.89 Å². The second kappa shape index (κ2) is 8.16. The zero-order valence-corrected chi connectivity index (χ0v) is 15.2. The molecule has 1 aliphatic rings. The van der Waals surface area contributed by atoms with E-state index in [4.69, 9.17) is 4.52 Å². The van der Waals surface area contributed by atoms with Crippen LogP contribution >= 0.6 is 0 Å². The first-order valence-electron chi connectivity index (χ1n) is 9.49. The highest BCUT2D eigenvalue weighted by molar-refractivity contribution is 5.76. The number of aromatic amines is 1. The van der Waals surface area contributed by atoms with E-state index in [1.807, 2.05) is 30.3 Å². The molecule has 1 aromatic carbocycles. The van der Waals surface area contributed by atoms with Gasteiger partial charge in [0, 0.05) is 37.1 Å². The Balaban J connectivity index is 1.22. The summed E-state index contributed by atoms with van der Waals surface area (Å²) >= 11 is 0. The largest absolute Gasteiger partial charge is 0.356 e. The number of hydrogen-bond donors (Lipinski definition) is 2. The summed E-state index contributed by atoms with van der Waals surface area (Å²) in [5.41, 5.74) is 4.52. The molecule has 1 amide bonds. The van der Waals surface area contributed by atoms with Crippen molar-refractivity contribution in [3.05, 3.63) is 53.1 Å². The van der Waals surface area contributed by atoms with Crippen LogP contribution in [0.3, 0.4) is 0 Å². The van der Waals surface area contributed by atoms with Crippen molar-refractivity contribution in [1.82, 2.24) is 25.7 Å². The molecule has 2 aromatic heterocycles. The van der Waals surface area contributed by atoms with Gasteiger partial charge in [-0.25, -0.2) is 0 Å². The molecular weight excluding hydrogens is 342 g/mol. The molecule has 1 aliphatic carbocycles. The van der Waals surface area contributed by atoms with Gasteiger partial charge in [0.2, 0.25) is 5.91 Å². The van der Waals surface area contributed by atoms with Crippen LogP contribution in [0.15, 0.2) is 34.9 Å². The fraction of sp³-hybridized carbons (Fsp3) is 0.400. The number of nitrogens with zero attached hydrogens (tertiary/aromatic N) is 3. The van der Waals surface area contributed by atoms with Gasteiger partial charge in [0.15, 0.2) is 5.82 Å². The number of carbonyl (C=O) groups is 1. The fourth-order valence-corrected chi connectivity index (χ4v) is 3.44. The average Bonchev–Trinajstić information content (AvgIpc) is 3.34. The number of aromatic nitrogens is 4. The SMILES string of the molecule is O=C(CCc1n[nH]c2c1CCCC2)NCCc1noc(-c2ccccc2)n1. The van der Waals surface area contributed by atoms with Gasteiger partial charge in [0.25, 0.3) is 5.89 Å². The van der Waals surface area contributed by atoms with Crippen molar-refractivity contribution in [1.29, 1.82) is 0 Å². The quantitative estimate of drug-likeness (QED) is 0.671. The minimum absolute atomic E-state index is 0.0225. The van der Waals surface area contributed by atoms with Crippen LogP contribution in [0, 0.1) is 0 Å². The van der Waals surface area contributed by atoms with Gasteiger partial charge in [-0.2, -0.15) is 10.1 Å². The highest BCUT2D eigenvalue weighted by Gasteiger charge is 2.17. The number of rotatable bonds is 7. The van der Waals surface area contributed by atoms with Crippen LogP contribution in [0.5, 0.6) is 0 Å². The molecule has 140 valence electrons. The van der Waals surface area contributed by atoms with Crippen molar-refractivity contribution in [2.24, 2.45) is 0 Å². The molecule has 7 heteroatoms. The van der Waals surface area contributed by atoms with Crippen LogP contribution in [0.25, 0.3) is 11.5 Å². The minimum Gasteiger partial charge on any atom is -0.356 e. The first kappa shape index (κ1) is 17.5. The summed E-state index contributed by atoms with van der Waals surface area (Å²) < 4.78 is 5.27. The molecule has 0 spiro atoms. The van der Waals surface area contributed by atoms with Crippen LogP contribution in [0.1, 0.15) is 42.0 Å².